The molecule has 0 aromatic heterocycles. The lowest BCUT2D eigenvalue weighted by Crippen LogP contribution is -2.30. The highest BCUT2D eigenvalue weighted by atomic mass is 28.2. The van der Waals surface area contributed by atoms with Gasteiger partial charge in [0.05, 0.1) is 0 Å². The Balaban J connectivity index is 4.13. The van der Waals surface area contributed by atoms with Gasteiger partial charge in [0, 0.05) is 14.2 Å². The summed E-state index contributed by atoms with van der Waals surface area (Å²) < 4.78 is 11.1. The maximum absolute atomic E-state index is 5.57. The Morgan fingerprint density at radius 1 is 0.714 bits per heavy atom. The van der Waals surface area contributed by atoms with Crippen LogP contribution in [0.3, 0.4) is 0 Å². The van der Waals surface area contributed by atoms with Gasteiger partial charge in [-0.3, -0.25) is 0 Å². The van der Waals surface area contributed by atoms with E-state index < -0.39 is 19.5 Å². The minimum Gasteiger partial charge on any atom is -0.427 e. The Kier molecular flexibility index (Phi) is 12.0. The monoisotopic (exact) mass is 333 g/mol. The predicted octanol–water partition coefficient (Wildman–Crippen LogP) is 2.77. The summed E-state index contributed by atoms with van der Waals surface area (Å²) in [6.45, 7) is 11.5. The van der Waals surface area contributed by atoms with Crippen molar-refractivity contribution in [3.05, 3.63) is 0 Å². The van der Waals surface area contributed by atoms with Crippen LogP contribution in [-0.2, 0) is 8.85 Å². The van der Waals surface area contributed by atoms with E-state index in [9.17, 15) is 0 Å². The third-order valence-electron chi connectivity index (χ3n) is 5.57. The van der Waals surface area contributed by atoms with Crippen LogP contribution in [0.25, 0.3) is 0 Å². The van der Waals surface area contributed by atoms with E-state index in [-0.39, 0.29) is 0 Å². The van der Waals surface area contributed by atoms with E-state index in [0.717, 1.165) is 13.1 Å². The van der Waals surface area contributed by atoms with Crippen molar-refractivity contribution >= 4 is 19.5 Å². The third-order valence-corrected chi connectivity index (χ3v) is 10.1. The molecule has 128 valence electrons. The second-order valence-corrected chi connectivity index (χ2v) is 11.3. The lowest BCUT2D eigenvalue weighted by atomic mass is 9.96. The molecular weight excluding hydrogens is 294 g/mol. The first kappa shape index (κ1) is 21.3. The Bertz CT molecular complexity index is 220. The molecule has 0 saturated heterocycles. The third kappa shape index (κ3) is 7.41. The number of hydrogen-bond acceptors (Lipinski definition) is 3. The quantitative estimate of drug-likeness (QED) is 0.392. The molecule has 3 nitrogen and oxygen atoms in total. The number of rotatable bonds is 14. The van der Waals surface area contributed by atoms with Crippen molar-refractivity contribution in [1.29, 1.82) is 0 Å². The molecule has 0 aromatic carbocycles. The van der Waals surface area contributed by atoms with Crippen LogP contribution in [0.15, 0.2) is 0 Å². The maximum atomic E-state index is 5.57. The molecule has 21 heavy (non-hydrogen) atoms. The molecule has 0 saturated carbocycles. The largest absolute Gasteiger partial charge is 0.427 e. The van der Waals surface area contributed by atoms with Crippen LogP contribution >= 0.6 is 0 Å². The number of hydrogen-bond donors (Lipinski definition) is 1. The van der Waals surface area contributed by atoms with Gasteiger partial charge in [-0.25, -0.2) is 0 Å². The van der Waals surface area contributed by atoms with Crippen LogP contribution in [-0.4, -0.2) is 46.8 Å². The van der Waals surface area contributed by atoms with Gasteiger partial charge in [0.2, 0.25) is 0 Å². The molecule has 0 spiro atoms. The van der Waals surface area contributed by atoms with Crippen molar-refractivity contribution in [2.24, 2.45) is 0 Å². The second kappa shape index (κ2) is 11.8. The summed E-state index contributed by atoms with van der Waals surface area (Å²) in [4.78, 5) is 0. The molecule has 0 fully saturated rings. The van der Waals surface area contributed by atoms with Crippen LogP contribution < -0.4 is 5.32 Å². The first-order chi connectivity index (χ1) is 10.1. The van der Waals surface area contributed by atoms with Gasteiger partial charge in [-0.15, -0.1) is 0 Å². The standard InChI is InChI=1S/C16H39NO2Si2/c1-7-15(8-2,20-18-5)11-13-17-14-12-16(9-3,10-4)21-19-6/h17H,7-14,20-21H2,1-6H3. The Morgan fingerprint density at radius 3 is 1.29 bits per heavy atom. The van der Waals surface area contributed by atoms with Crippen LogP contribution in [0.1, 0.15) is 66.2 Å². The average molecular weight is 334 g/mol. The van der Waals surface area contributed by atoms with Crippen molar-refractivity contribution in [3.63, 3.8) is 0 Å². The van der Waals surface area contributed by atoms with E-state index in [2.05, 4.69) is 33.0 Å². The van der Waals surface area contributed by atoms with Gasteiger partial charge in [0.15, 0.2) is 19.5 Å². The molecule has 0 radical (unpaired) electrons. The minimum absolute atomic E-state index is 0.403. The minimum atomic E-state index is -0.403. The zero-order valence-corrected chi connectivity index (χ0v) is 18.2. The zero-order chi connectivity index (χ0) is 16.2. The fraction of sp³-hybridized carbons (Fsp3) is 1.00. The normalized spacial score (nSPS) is 14.0. The zero-order valence-electron chi connectivity index (χ0n) is 15.4. The molecule has 0 unspecified atom stereocenters. The second-order valence-electron chi connectivity index (χ2n) is 6.53. The highest BCUT2D eigenvalue weighted by Gasteiger charge is 2.28. The van der Waals surface area contributed by atoms with Crippen LogP contribution in [0.4, 0.5) is 0 Å². The van der Waals surface area contributed by atoms with E-state index >= 15 is 0 Å². The molecule has 0 aliphatic heterocycles. The van der Waals surface area contributed by atoms with Gasteiger partial charge < -0.3 is 14.2 Å². The van der Waals surface area contributed by atoms with E-state index in [0.29, 0.717) is 10.1 Å². The molecule has 5 heteroatoms. The average Bonchev–Trinajstić information content (AvgIpc) is 2.52. The fourth-order valence-corrected chi connectivity index (χ4v) is 5.89. The lowest BCUT2D eigenvalue weighted by Gasteiger charge is -2.32. The first-order valence-corrected chi connectivity index (χ1v) is 11.3. The highest BCUT2D eigenvalue weighted by Crippen LogP contribution is 2.38. The molecule has 0 aromatic rings. The summed E-state index contributed by atoms with van der Waals surface area (Å²) in [6.07, 6.45) is 7.58. The smallest absolute Gasteiger partial charge is 0.167 e. The molecule has 0 aliphatic carbocycles. The fourth-order valence-electron chi connectivity index (χ4n) is 3.20. The van der Waals surface area contributed by atoms with Gasteiger partial charge >= 0.3 is 0 Å². The van der Waals surface area contributed by atoms with Gasteiger partial charge in [-0.1, -0.05) is 53.4 Å². The van der Waals surface area contributed by atoms with Crippen molar-refractivity contribution in [2.45, 2.75) is 76.3 Å². The Hall–Kier alpha value is 0.314. The van der Waals surface area contributed by atoms with Crippen molar-refractivity contribution in [3.8, 4) is 0 Å². The summed E-state index contributed by atoms with van der Waals surface area (Å²) in [5.74, 6) is 0. The molecule has 0 atom stereocenters. The number of nitrogens with one attached hydrogen (secondary N) is 1. The molecule has 0 amide bonds. The van der Waals surface area contributed by atoms with E-state index in [1.54, 1.807) is 0 Å². The van der Waals surface area contributed by atoms with Crippen molar-refractivity contribution < 1.29 is 8.85 Å². The summed E-state index contributed by atoms with van der Waals surface area (Å²) in [6, 6.07) is 0. The summed E-state index contributed by atoms with van der Waals surface area (Å²) in [5, 5.41) is 4.67. The highest BCUT2D eigenvalue weighted by molar-refractivity contribution is 6.32. The van der Waals surface area contributed by atoms with Crippen LogP contribution in [0.5, 0.6) is 0 Å². The van der Waals surface area contributed by atoms with Crippen LogP contribution in [0.2, 0.25) is 10.1 Å². The van der Waals surface area contributed by atoms with Crippen molar-refractivity contribution in [1.82, 2.24) is 5.32 Å². The van der Waals surface area contributed by atoms with E-state index in [4.69, 9.17) is 8.85 Å². The van der Waals surface area contributed by atoms with Gasteiger partial charge in [-0.2, -0.15) is 0 Å². The molecule has 0 rings (SSSR count). The first-order valence-electron chi connectivity index (χ1n) is 8.76. The molecular formula is C16H39NO2Si2. The van der Waals surface area contributed by atoms with E-state index in [1.807, 2.05) is 14.2 Å². The van der Waals surface area contributed by atoms with Crippen LogP contribution in [0, 0.1) is 0 Å². The summed E-state index contributed by atoms with van der Waals surface area (Å²) >= 11 is 0. The summed E-state index contributed by atoms with van der Waals surface area (Å²) in [7, 11) is 2.96. The van der Waals surface area contributed by atoms with Gasteiger partial charge in [0.25, 0.3) is 0 Å². The lowest BCUT2D eigenvalue weighted by molar-refractivity contribution is 0.350. The predicted molar refractivity (Wildman–Crippen MR) is 99.8 cm³/mol. The molecule has 0 heterocycles. The summed E-state index contributed by atoms with van der Waals surface area (Å²) in [5.41, 5.74) is 0. The Morgan fingerprint density at radius 2 is 1.05 bits per heavy atom. The molecule has 0 bridgehead atoms. The Labute approximate surface area is 137 Å². The molecule has 0 aliphatic rings. The topological polar surface area (TPSA) is 30.5 Å². The SMILES string of the molecule is CCC(CC)(CCNCCC(CC)(CC)[SiH2]OC)[SiH2]OC. The van der Waals surface area contributed by atoms with Gasteiger partial charge in [0.1, 0.15) is 0 Å². The van der Waals surface area contributed by atoms with E-state index in [1.165, 1.54) is 38.5 Å². The van der Waals surface area contributed by atoms with Gasteiger partial charge in [-0.05, 0) is 36.0 Å². The van der Waals surface area contributed by atoms with Crippen molar-refractivity contribution in [2.75, 3.05) is 27.3 Å². The molecule has 1 N–H and O–H groups in total. The maximum Gasteiger partial charge on any atom is 0.167 e.